The van der Waals surface area contributed by atoms with E-state index in [1.807, 2.05) is 35.7 Å². The van der Waals surface area contributed by atoms with Crippen LogP contribution in [-0.2, 0) is 0 Å². The molecule has 0 aliphatic carbocycles. The molecule has 0 amide bonds. The minimum absolute atomic E-state index is 0.897. The fourth-order valence-corrected chi connectivity index (χ4v) is 2.36. The predicted molar refractivity (Wildman–Crippen MR) is 65.3 cm³/mol. The highest BCUT2D eigenvalue weighted by molar-refractivity contribution is 7.13. The summed E-state index contributed by atoms with van der Waals surface area (Å²) in [6, 6.07) is 11.9. The van der Waals surface area contributed by atoms with Crippen molar-refractivity contribution in [2.24, 2.45) is 0 Å². The number of rotatable bonds is 2. The lowest BCUT2D eigenvalue weighted by Crippen LogP contribution is -1.80. The Morgan fingerprint density at radius 3 is 2.81 bits per heavy atom. The summed E-state index contributed by atoms with van der Waals surface area (Å²) in [6.45, 7) is 0. The van der Waals surface area contributed by atoms with Crippen LogP contribution in [0.15, 0.2) is 58.7 Å². The van der Waals surface area contributed by atoms with E-state index in [0.29, 0.717) is 0 Å². The third-order valence-corrected chi connectivity index (χ3v) is 3.22. The highest BCUT2D eigenvalue weighted by atomic mass is 32.1. The van der Waals surface area contributed by atoms with Crippen molar-refractivity contribution >= 4 is 11.3 Å². The van der Waals surface area contributed by atoms with Crippen LogP contribution in [0.2, 0.25) is 0 Å². The number of aromatic nitrogens is 1. The van der Waals surface area contributed by atoms with Gasteiger partial charge in [-0.15, -0.1) is 11.3 Å². The number of furan rings is 1. The lowest BCUT2D eigenvalue weighted by atomic mass is 10.1. The van der Waals surface area contributed by atoms with Crippen molar-refractivity contribution in [2.75, 3.05) is 0 Å². The van der Waals surface area contributed by atoms with Crippen molar-refractivity contribution in [1.82, 2.24) is 4.98 Å². The second kappa shape index (κ2) is 3.94. The molecular formula is C13H9NOS. The summed E-state index contributed by atoms with van der Waals surface area (Å²) in [6.07, 6.45) is 3.50. The second-order valence-corrected chi connectivity index (χ2v) is 4.30. The predicted octanol–water partition coefficient (Wildman–Crippen LogP) is 4.07. The average molecular weight is 227 g/mol. The minimum atomic E-state index is 0.897. The largest absolute Gasteiger partial charge is 0.463 e. The fourth-order valence-electron chi connectivity index (χ4n) is 1.63. The average Bonchev–Trinajstić information content (AvgIpc) is 3.01. The first kappa shape index (κ1) is 9.36. The maximum Gasteiger partial charge on any atom is 0.153 e. The Morgan fingerprint density at radius 2 is 2.06 bits per heavy atom. The maximum atomic E-state index is 5.53. The van der Waals surface area contributed by atoms with Crippen LogP contribution in [-0.4, -0.2) is 4.98 Å². The van der Waals surface area contributed by atoms with Gasteiger partial charge < -0.3 is 4.42 Å². The van der Waals surface area contributed by atoms with Gasteiger partial charge in [-0.3, -0.25) is 4.98 Å². The molecule has 3 aromatic heterocycles. The molecule has 0 saturated carbocycles. The fraction of sp³-hybridized carbons (Fsp3) is 0. The second-order valence-electron chi connectivity index (χ2n) is 3.36. The van der Waals surface area contributed by atoms with Crippen molar-refractivity contribution in [2.45, 2.75) is 0 Å². The number of pyridine rings is 1. The Morgan fingerprint density at radius 1 is 1.06 bits per heavy atom. The minimum Gasteiger partial charge on any atom is -0.463 e. The van der Waals surface area contributed by atoms with Crippen molar-refractivity contribution < 1.29 is 4.42 Å². The van der Waals surface area contributed by atoms with Crippen molar-refractivity contribution in [3.05, 3.63) is 54.2 Å². The van der Waals surface area contributed by atoms with Gasteiger partial charge in [-0.1, -0.05) is 12.1 Å². The van der Waals surface area contributed by atoms with E-state index < -0.39 is 0 Å². The van der Waals surface area contributed by atoms with Crippen LogP contribution in [0.4, 0.5) is 0 Å². The van der Waals surface area contributed by atoms with Gasteiger partial charge in [0.05, 0.1) is 16.8 Å². The topological polar surface area (TPSA) is 26.0 Å². The summed E-state index contributed by atoms with van der Waals surface area (Å²) in [5.74, 6) is 0.897. The highest BCUT2D eigenvalue weighted by Crippen LogP contribution is 2.34. The van der Waals surface area contributed by atoms with E-state index >= 15 is 0 Å². The molecule has 0 aliphatic rings. The molecule has 0 spiro atoms. The maximum absolute atomic E-state index is 5.53. The van der Waals surface area contributed by atoms with Crippen molar-refractivity contribution in [3.63, 3.8) is 0 Å². The molecule has 0 N–H and O–H groups in total. The van der Waals surface area contributed by atoms with Crippen LogP contribution in [0.1, 0.15) is 0 Å². The Labute approximate surface area is 97.2 Å². The van der Waals surface area contributed by atoms with Gasteiger partial charge in [-0.05, 0) is 29.6 Å². The summed E-state index contributed by atoms with van der Waals surface area (Å²) in [4.78, 5) is 5.47. The molecule has 2 nitrogen and oxygen atoms in total. The molecule has 0 saturated heterocycles. The van der Waals surface area contributed by atoms with E-state index in [1.54, 1.807) is 23.8 Å². The molecule has 3 rings (SSSR count). The molecule has 3 heteroatoms. The Bertz CT molecular complexity index is 569. The zero-order valence-corrected chi connectivity index (χ0v) is 9.28. The van der Waals surface area contributed by atoms with Gasteiger partial charge in [0.15, 0.2) is 5.76 Å². The molecule has 0 aliphatic heterocycles. The number of nitrogens with zero attached hydrogens (tertiary/aromatic N) is 1. The van der Waals surface area contributed by atoms with Crippen LogP contribution < -0.4 is 0 Å². The Hall–Kier alpha value is -1.87. The van der Waals surface area contributed by atoms with E-state index in [9.17, 15) is 0 Å². The van der Waals surface area contributed by atoms with Crippen LogP contribution in [0.3, 0.4) is 0 Å². The first-order valence-corrected chi connectivity index (χ1v) is 5.86. The van der Waals surface area contributed by atoms with Crippen LogP contribution >= 0.6 is 11.3 Å². The van der Waals surface area contributed by atoms with Gasteiger partial charge in [0.2, 0.25) is 0 Å². The van der Waals surface area contributed by atoms with Gasteiger partial charge in [0.1, 0.15) is 0 Å². The lowest BCUT2D eigenvalue weighted by molar-refractivity contribution is 0.584. The van der Waals surface area contributed by atoms with Gasteiger partial charge in [0.25, 0.3) is 0 Å². The summed E-state index contributed by atoms with van der Waals surface area (Å²) in [7, 11) is 0. The molecule has 0 unspecified atom stereocenters. The summed E-state index contributed by atoms with van der Waals surface area (Å²) >= 11 is 1.67. The number of thiophene rings is 1. The molecule has 0 bridgehead atoms. The van der Waals surface area contributed by atoms with Crippen LogP contribution in [0.25, 0.3) is 21.9 Å². The van der Waals surface area contributed by atoms with E-state index in [4.69, 9.17) is 4.42 Å². The summed E-state index contributed by atoms with van der Waals surface area (Å²) < 4.78 is 5.53. The van der Waals surface area contributed by atoms with Gasteiger partial charge in [-0.25, -0.2) is 0 Å². The van der Waals surface area contributed by atoms with Gasteiger partial charge in [-0.2, -0.15) is 0 Å². The molecular weight excluding hydrogens is 218 g/mol. The van der Waals surface area contributed by atoms with E-state index in [2.05, 4.69) is 11.1 Å². The number of hydrogen-bond donors (Lipinski definition) is 0. The van der Waals surface area contributed by atoms with Gasteiger partial charge in [0, 0.05) is 11.8 Å². The van der Waals surface area contributed by atoms with Gasteiger partial charge >= 0.3 is 0 Å². The van der Waals surface area contributed by atoms with Crippen molar-refractivity contribution in [3.8, 4) is 21.9 Å². The molecule has 0 atom stereocenters. The third-order valence-electron chi connectivity index (χ3n) is 2.35. The quantitative estimate of drug-likeness (QED) is 0.659. The zero-order chi connectivity index (χ0) is 10.8. The van der Waals surface area contributed by atoms with Crippen LogP contribution in [0.5, 0.6) is 0 Å². The monoisotopic (exact) mass is 227 g/mol. The molecule has 78 valence electrons. The molecule has 3 aromatic rings. The number of hydrogen-bond acceptors (Lipinski definition) is 3. The van der Waals surface area contributed by atoms with Crippen molar-refractivity contribution in [1.29, 1.82) is 0 Å². The van der Waals surface area contributed by atoms with E-state index in [-0.39, 0.29) is 0 Å². The molecule has 16 heavy (non-hydrogen) atoms. The molecule has 0 radical (unpaired) electrons. The lowest BCUT2D eigenvalue weighted by Gasteiger charge is -1.99. The Kier molecular flexibility index (Phi) is 2.31. The molecule has 0 aromatic carbocycles. The smallest absolute Gasteiger partial charge is 0.153 e. The normalized spacial score (nSPS) is 10.5. The third kappa shape index (κ3) is 1.55. The first-order chi connectivity index (χ1) is 7.95. The van der Waals surface area contributed by atoms with E-state index in [1.165, 1.54) is 0 Å². The zero-order valence-electron chi connectivity index (χ0n) is 8.46. The first-order valence-electron chi connectivity index (χ1n) is 4.98. The molecule has 0 fully saturated rings. The SMILES string of the molecule is c1ccc(-c2ccoc2-c2cccs2)nc1. The molecule has 3 heterocycles. The summed E-state index contributed by atoms with van der Waals surface area (Å²) in [5, 5.41) is 2.04. The Balaban J connectivity index is 2.14. The van der Waals surface area contributed by atoms with Crippen LogP contribution in [0, 0.1) is 0 Å². The standard InChI is InChI=1S/C13H9NOS/c1-2-7-14-11(4-1)10-6-8-15-13(10)12-5-3-9-16-12/h1-9H. The van der Waals surface area contributed by atoms with E-state index in [0.717, 1.165) is 21.9 Å². The summed E-state index contributed by atoms with van der Waals surface area (Å²) in [5.41, 5.74) is 1.99. The highest BCUT2D eigenvalue weighted by Gasteiger charge is 2.11.